The molecule has 5 aromatic rings. The smallest absolute Gasteiger partial charge is 0.260 e. The fourth-order valence-electron chi connectivity index (χ4n) is 2.97. The van der Waals surface area contributed by atoms with Crippen LogP contribution < -0.4 is 10.9 Å². The quantitative estimate of drug-likeness (QED) is 0.330. The fourth-order valence-corrected chi connectivity index (χ4v) is 5.56. The summed E-state index contributed by atoms with van der Waals surface area (Å²) in [5.74, 6) is 1.77. The van der Waals surface area contributed by atoms with E-state index < -0.39 is 0 Å². The highest BCUT2D eigenvalue weighted by atomic mass is 32.2. The van der Waals surface area contributed by atoms with Crippen LogP contribution in [0.2, 0.25) is 0 Å². The molecule has 0 unspecified atom stereocenters. The van der Waals surface area contributed by atoms with Gasteiger partial charge in [-0.05, 0) is 36.8 Å². The van der Waals surface area contributed by atoms with Gasteiger partial charge in [-0.2, -0.15) is 0 Å². The summed E-state index contributed by atoms with van der Waals surface area (Å²) in [4.78, 5) is 20.8. The summed E-state index contributed by atoms with van der Waals surface area (Å²) < 4.78 is 6.23. The first kappa shape index (κ1) is 19.0. The van der Waals surface area contributed by atoms with E-state index in [0.717, 1.165) is 20.7 Å². The maximum atomic E-state index is 12.6. The lowest BCUT2D eigenvalue weighted by Gasteiger charge is -2.02. The molecule has 0 fully saturated rings. The van der Waals surface area contributed by atoms with Crippen molar-refractivity contribution in [2.45, 2.75) is 17.0 Å². The number of nitrogens with zero attached hydrogens (tertiary/aromatic N) is 3. The highest BCUT2D eigenvalue weighted by Gasteiger charge is 2.15. The van der Waals surface area contributed by atoms with Crippen LogP contribution in [0.25, 0.3) is 21.5 Å². The molecule has 1 aromatic carbocycles. The van der Waals surface area contributed by atoms with E-state index in [4.69, 9.17) is 4.42 Å². The van der Waals surface area contributed by atoms with Crippen LogP contribution in [-0.4, -0.2) is 20.2 Å². The average Bonchev–Trinajstić information content (AvgIpc) is 3.47. The van der Waals surface area contributed by atoms with Gasteiger partial charge in [-0.1, -0.05) is 35.2 Å². The zero-order chi connectivity index (χ0) is 20.5. The largest absolute Gasteiger partial charge is 0.464 e. The molecule has 0 aliphatic heterocycles. The summed E-state index contributed by atoms with van der Waals surface area (Å²) in [5.41, 5.74) is 2.75. The van der Waals surface area contributed by atoms with Crippen molar-refractivity contribution >= 4 is 55.5 Å². The molecule has 4 heterocycles. The number of aryl methyl sites for hydroxylation is 1. The highest BCUT2D eigenvalue weighted by molar-refractivity contribution is 8.00. The molecule has 30 heavy (non-hydrogen) atoms. The number of nitrogens with one attached hydrogen (secondary N) is 2. The standard InChI is InChI=1S/C20H15N5O2S3/c1-11-4-2-5-12(8-11)21-19-24-25-20(30-19)29-10-15-22-17(26)16-13(9-28-18(16)23-15)14-6-3-7-27-14/h2-9H,10H2,1H3,(H,21,24)(H,22,23,26). The van der Waals surface area contributed by atoms with Crippen LogP contribution in [0.1, 0.15) is 11.4 Å². The Hall–Kier alpha value is -2.95. The minimum Gasteiger partial charge on any atom is -0.464 e. The predicted molar refractivity (Wildman–Crippen MR) is 122 cm³/mol. The first-order valence-electron chi connectivity index (χ1n) is 9.00. The summed E-state index contributed by atoms with van der Waals surface area (Å²) in [7, 11) is 0. The van der Waals surface area contributed by atoms with Gasteiger partial charge < -0.3 is 14.7 Å². The Kier molecular flexibility index (Phi) is 5.11. The van der Waals surface area contributed by atoms with Crippen molar-refractivity contribution in [2.75, 3.05) is 5.32 Å². The number of rotatable bonds is 6. The number of furan rings is 1. The zero-order valence-corrected chi connectivity index (χ0v) is 18.2. The molecular weight excluding hydrogens is 438 g/mol. The molecule has 4 aromatic heterocycles. The lowest BCUT2D eigenvalue weighted by atomic mass is 10.2. The van der Waals surface area contributed by atoms with E-state index in [9.17, 15) is 4.79 Å². The summed E-state index contributed by atoms with van der Waals surface area (Å²) >= 11 is 4.38. The van der Waals surface area contributed by atoms with E-state index in [-0.39, 0.29) is 5.56 Å². The van der Waals surface area contributed by atoms with Crippen molar-refractivity contribution in [3.8, 4) is 11.3 Å². The number of aromatic nitrogens is 4. The molecular formula is C20H15N5O2S3. The van der Waals surface area contributed by atoms with Gasteiger partial charge in [0.15, 0.2) is 4.34 Å². The Morgan fingerprint density at radius 1 is 1.23 bits per heavy atom. The van der Waals surface area contributed by atoms with E-state index in [0.29, 0.717) is 27.6 Å². The maximum absolute atomic E-state index is 12.6. The first-order chi connectivity index (χ1) is 14.7. The van der Waals surface area contributed by atoms with Crippen LogP contribution in [0, 0.1) is 6.92 Å². The molecule has 0 aliphatic rings. The Bertz CT molecular complexity index is 1370. The Morgan fingerprint density at radius 3 is 3.00 bits per heavy atom. The third kappa shape index (κ3) is 3.89. The summed E-state index contributed by atoms with van der Waals surface area (Å²) in [6.07, 6.45) is 1.59. The van der Waals surface area contributed by atoms with Crippen molar-refractivity contribution in [1.29, 1.82) is 0 Å². The molecule has 0 bridgehead atoms. The van der Waals surface area contributed by atoms with Gasteiger partial charge in [0.2, 0.25) is 5.13 Å². The molecule has 0 saturated carbocycles. The number of H-pyrrole nitrogens is 1. The molecule has 0 atom stereocenters. The van der Waals surface area contributed by atoms with Crippen molar-refractivity contribution < 1.29 is 4.42 Å². The van der Waals surface area contributed by atoms with Gasteiger partial charge in [0.05, 0.1) is 17.4 Å². The molecule has 0 radical (unpaired) electrons. The number of anilines is 2. The number of thiophene rings is 1. The number of hydrogen-bond acceptors (Lipinski definition) is 9. The van der Waals surface area contributed by atoms with Gasteiger partial charge in [0, 0.05) is 16.6 Å². The first-order valence-corrected chi connectivity index (χ1v) is 11.7. The van der Waals surface area contributed by atoms with E-state index in [1.165, 1.54) is 40.0 Å². The van der Waals surface area contributed by atoms with Gasteiger partial charge in [0.1, 0.15) is 16.4 Å². The molecule has 2 N–H and O–H groups in total. The van der Waals surface area contributed by atoms with E-state index in [1.807, 2.05) is 36.6 Å². The Balaban J connectivity index is 1.31. The maximum Gasteiger partial charge on any atom is 0.260 e. The summed E-state index contributed by atoms with van der Waals surface area (Å²) in [5, 5.41) is 14.8. The number of thioether (sulfide) groups is 1. The van der Waals surface area contributed by atoms with Crippen LogP contribution in [0.3, 0.4) is 0 Å². The lowest BCUT2D eigenvalue weighted by molar-refractivity contribution is 0.583. The third-order valence-corrected chi connectivity index (χ3v) is 7.14. The lowest BCUT2D eigenvalue weighted by Crippen LogP contribution is -2.10. The number of hydrogen-bond donors (Lipinski definition) is 2. The van der Waals surface area contributed by atoms with Gasteiger partial charge in [-0.3, -0.25) is 4.79 Å². The number of fused-ring (bicyclic) bond motifs is 1. The van der Waals surface area contributed by atoms with Crippen LogP contribution in [-0.2, 0) is 5.75 Å². The SMILES string of the molecule is Cc1cccc(Nc2nnc(SCc3nc4scc(-c5ccco5)c4c(=O)[nH]3)s2)c1. The van der Waals surface area contributed by atoms with Crippen LogP contribution >= 0.6 is 34.4 Å². The minimum absolute atomic E-state index is 0.165. The summed E-state index contributed by atoms with van der Waals surface area (Å²) in [6, 6.07) is 11.7. The van der Waals surface area contributed by atoms with Crippen molar-refractivity contribution in [3.63, 3.8) is 0 Å². The molecule has 0 spiro atoms. The van der Waals surface area contributed by atoms with Crippen molar-refractivity contribution in [3.05, 3.63) is 69.8 Å². The Morgan fingerprint density at radius 2 is 2.17 bits per heavy atom. The van der Waals surface area contributed by atoms with E-state index in [2.05, 4.69) is 31.5 Å². The van der Waals surface area contributed by atoms with Gasteiger partial charge in [-0.15, -0.1) is 21.5 Å². The predicted octanol–water partition coefficient (Wildman–Crippen LogP) is 5.44. The fraction of sp³-hybridized carbons (Fsp3) is 0.100. The monoisotopic (exact) mass is 453 g/mol. The number of aromatic amines is 1. The normalized spacial score (nSPS) is 11.2. The summed E-state index contributed by atoms with van der Waals surface area (Å²) in [6.45, 7) is 2.04. The molecule has 10 heteroatoms. The van der Waals surface area contributed by atoms with Crippen molar-refractivity contribution in [2.24, 2.45) is 0 Å². The second-order valence-electron chi connectivity index (χ2n) is 6.48. The third-order valence-electron chi connectivity index (χ3n) is 4.29. The molecule has 0 aliphatic carbocycles. The van der Waals surface area contributed by atoms with Gasteiger partial charge >= 0.3 is 0 Å². The topological polar surface area (TPSA) is 96.7 Å². The average molecular weight is 454 g/mol. The molecule has 0 amide bonds. The van der Waals surface area contributed by atoms with Gasteiger partial charge in [0.25, 0.3) is 5.56 Å². The second-order valence-corrected chi connectivity index (χ2v) is 9.53. The van der Waals surface area contributed by atoms with Crippen LogP contribution in [0.15, 0.2) is 61.6 Å². The molecule has 0 saturated heterocycles. The number of benzene rings is 1. The Labute approximate surface area is 183 Å². The second kappa shape index (κ2) is 8.05. The van der Waals surface area contributed by atoms with Crippen LogP contribution in [0.5, 0.6) is 0 Å². The molecule has 5 rings (SSSR count). The molecule has 150 valence electrons. The highest BCUT2D eigenvalue weighted by Crippen LogP contribution is 2.32. The molecule has 7 nitrogen and oxygen atoms in total. The van der Waals surface area contributed by atoms with Gasteiger partial charge in [-0.25, -0.2) is 4.98 Å². The van der Waals surface area contributed by atoms with Crippen molar-refractivity contribution in [1.82, 2.24) is 20.2 Å². The van der Waals surface area contributed by atoms with E-state index in [1.54, 1.807) is 12.3 Å². The minimum atomic E-state index is -0.165. The van der Waals surface area contributed by atoms with E-state index >= 15 is 0 Å². The van der Waals surface area contributed by atoms with Crippen LogP contribution in [0.4, 0.5) is 10.8 Å². The zero-order valence-electron chi connectivity index (χ0n) is 15.7.